The summed E-state index contributed by atoms with van der Waals surface area (Å²) < 4.78 is 12.0. The van der Waals surface area contributed by atoms with Crippen molar-refractivity contribution in [2.45, 2.75) is 51.7 Å². The largest absolute Gasteiger partial charge is 0.347 e. The van der Waals surface area contributed by atoms with Gasteiger partial charge in [0, 0.05) is 12.3 Å². The van der Waals surface area contributed by atoms with Gasteiger partial charge in [0.05, 0.1) is 13.2 Å². The minimum absolute atomic E-state index is 0.254. The van der Waals surface area contributed by atoms with E-state index < -0.39 is 0 Å². The summed E-state index contributed by atoms with van der Waals surface area (Å²) in [5.74, 6) is 1.61. The van der Waals surface area contributed by atoms with Gasteiger partial charge in [0.1, 0.15) is 0 Å². The summed E-state index contributed by atoms with van der Waals surface area (Å²) in [6.45, 7) is 10.1. The van der Waals surface area contributed by atoms with E-state index in [0.717, 1.165) is 26.1 Å². The van der Waals surface area contributed by atoms with E-state index in [1.54, 1.807) is 0 Å². The molecule has 0 radical (unpaired) electrons. The highest BCUT2D eigenvalue weighted by Gasteiger charge is 2.49. The third-order valence-electron chi connectivity index (χ3n) is 4.44. The highest BCUT2D eigenvalue weighted by atomic mass is 16.7. The monoisotopic (exact) mass is 238 g/mol. The van der Waals surface area contributed by atoms with Crippen molar-refractivity contribution < 1.29 is 9.47 Å². The first-order valence-corrected chi connectivity index (χ1v) is 7.08. The van der Waals surface area contributed by atoms with Gasteiger partial charge in [-0.25, -0.2) is 0 Å². The molecule has 0 amide bonds. The Morgan fingerprint density at radius 3 is 2.59 bits per heavy atom. The van der Waals surface area contributed by atoms with Crippen LogP contribution >= 0.6 is 0 Å². The molecule has 1 aliphatic heterocycles. The summed E-state index contributed by atoms with van der Waals surface area (Å²) in [7, 11) is 0. The number of hydrogen-bond acceptors (Lipinski definition) is 2. The number of rotatable bonds is 4. The van der Waals surface area contributed by atoms with Crippen molar-refractivity contribution >= 4 is 0 Å². The van der Waals surface area contributed by atoms with Crippen LogP contribution in [0.1, 0.15) is 46.0 Å². The van der Waals surface area contributed by atoms with Crippen molar-refractivity contribution in [3.8, 4) is 0 Å². The first-order valence-electron chi connectivity index (χ1n) is 7.08. The van der Waals surface area contributed by atoms with Gasteiger partial charge in [-0.2, -0.15) is 0 Å². The van der Waals surface area contributed by atoms with Crippen LogP contribution in [0.4, 0.5) is 0 Å². The third kappa shape index (κ3) is 2.58. The van der Waals surface area contributed by atoms with E-state index in [0.29, 0.717) is 17.8 Å². The van der Waals surface area contributed by atoms with Crippen molar-refractivity contribution in [3.63, 3.8) is 0 Å². The molecule has 2 heteroatoms. The summed E-state index contributed by atoms with van der Waals surface area (Å²) in [4.78, 5) is 0. The normalized spacial score (nSPS) is 29.7. The standard InChI is InChI=1S/C15H26O2/c1-4-7-13(12(2)3)14-8-5-6-9-15(14)16-10-11-17-15/h4,12-14H,1,5-11H2,2-3H3/t13-,14-/m0/s1. The Balaban J connectivity index is 2.16. The molecular weight excluding hydrogens is 212 g/mol. The van der Waals surface area contributed by atoms with Gasteiger partial charge in [-0.1, -0.05) is 26.3 Å². The van der Waals surface area contributed by atoms with Gasteiger partial charge in [0.15, 0.2) is 5.79 Å². The Hall–Kier alpha value is -0.340. The first kappa shape index (κ1) is 13.1. The Morgan fingerprint density at radius 2 is 2.00 bits per heavy atom. The molecule has 2 aliphatic rings. The molecule has 98 valence electrons. The lowest BCUT2D eigenvalue weighted by molar-refractivity contribution is -0.227. The number of hydrogen-bond donors (Lipinski definition) is 0. The van der Waals surface area contributed by atoms with Crippen molar-refractivity contribution in [2.75, 3.05) is 13.2 Å². The predicted molar refractivity (Wildman–Crippen MR) is 69.7 cm³/mol. The summed E-state index contributed by atoms with van der Waals surface area (Å²) in [5.41, 5.74) is 0. The van der Waals surface area contributed by atoms with Crippen LogP contribution in [0.5, 0.6) is 0 Å². The molecule has 0 unspecified atom stereocenters. The first-order chi connectivity index (χ1) is 8.19. The van der Waals surface area contributed by atoms with Crippen LogP contribution in [-0.4, -0.2) is 19.0 Å². The average molecular weight is 238 g/mol. The Labute approximate surface area is 105 Å². The van der Waals surface area contributed by atoms with Crippen molar-refractivity contribution in [2.24, 2.45) is 17.8 Å². The Morgan fingerprint density at radius 1 is 1.29 bits per heavy atom. The smallest absolute Gasteiger partial charge is 0.171 e. The quantitative estimate of drug-likeness (QED) is 0.694. The molecule has 1 spiro atoms. The molecule has 17 heavy (non-hydrogen) atoms. The molecule has 1 saturated carbocycles. The summed E-state index contributed by atoms with van der Waals surface area (Å²) in [5, 5.41) is 0. The van der Waals surface area contributed by atoms with Crippen LogP contribution in [0.3, 0.4) is 0 Å². The SMILES string of the molecule is C=CC[C@@H](C(C)C)[C@@H]1CCCCC12OCCO2. The molecule has 2 nitrogen and oxygen atoms in total. The zero-order valence-corrected chi connectivity index (χ0v) is 11.3. The van der Waals surface area contributed by atoms with E-state index in [4.69, 9.17) is 9.47 Å². The lowest BCUT2D eigenvalue weighted by atomic mass is 9.70. The minimum Gasteiger partial charge on any atom is -0.347 e. The van der Waals surface area contributed by atoms with Gasteiger partial charge in [-0.15, -0.1) is 6.58 Å². The van der Waals surface area contributed by atoms with Crippen LogP contribution in [-0.2, 0) is 9.47 Å². The zero-order chi connectivity index (χ0) is 12.3. The molecule has 1 heterocycles. The molecule has 0 aromatic carbocycles. The average Bonchev–Trinajstić information content (AvgIpc) is 2.76. The second kappa shape index (κ2) is 5.53. The fraction of sp³-hybridized carbons (Fsp3) is 0.867. The predicted octanol–water partition coefficient (Wildman–Crippen LogP) is 3.77. The van der Waals surface area contributed by atoms with Crippen molar-refractivity contribution in [1.82, 2.24) is 0 Å². The van der Waals surface area contributed by atoms with Crippen LogP contribution in [0.15, 0.2) is 12.7 Å². The summed E-state index contributed by atoms with van der Waals surface area (Å²) in [6, 6.07) is 0. The fourth-order valence-electron chi connectivity index (χ4n) is 3.60. The topological polar surface area (TPSA) is 18.5 Å². The van der Waals surface area contributed by atoms with Crippen molar-refractivity contribution in [3.05, 3.63) is 12.7 Å². The highest BCUT2D eigenvalue weighted by molar-refractivity contribution is 4.93. The second-order valence-electron chi connectivity index (χ2n) is 5.79. The molecule has 0 N–H and O–H groups in total. The number of ether oxygens (including phenoxy) is 2. The van der Waals surface area contributed by atoms with Crippen LogP contribution in [0.2, 0.25) is 0 Å². The van der Waals surface area contributed by atoms with Gasteiger partial charge in [-0.3, -0.25) is 0 Å². The molecular formula is C15H26O2. The molecule has 0 aromatic heterocycles. The van der Waals surface area contributed by atoms with E-state index in [1.165, 1.54) is 19.3 Å². The molecule has 2 fully saturated rings. The van der Waals surface area contributed by atoms with Gasteiger partial charge in [0.25, 0.3) is 0 Å². The number of allylic oxidation sites excluding steroid dienone is 1. The maximum Gasteiger partial charge on any atom is 0.171 e. The van der Waals surface area contributed by atoms with Gasteiger partial charge in [-0.05, 0) is 31.1 Å². The van der Waals surface area contributed by atoms with Gasteiger partial charge >= 0.3 is 0 Å². The lowest BCUT2D eigenvalue weighted by Crippen LogP contribution is -2.46. The zero-order valence-electron chi connectivity index (χ0n) is 11.3. The van der Waals surface area contributed by atoms with Crippen LogP contribution in [0.25, 0.3) is 0 Å². The van der Waals surface area contributed by atoms with Crippen LogP contribution < -0.4 is 0 Å². The Kier molecular flexibility index (Phi) is 4.26. The van der Waals surface area contributed by atoms with Gasteiger partial charge in [0.2, 0.25) is 0 Å². The molecule has 1 saturated heterocycles. The third-order valence-corrected chi connectivity index (χ3v) is 4.44. The van der Waals surface area contributed by atoms with Crippen molar-refractivity contribution in [1.29, 1.82) is 0 Å². The minimum atomic E-state index is -0.254. The summed E-state index contributed by atoms with van der Waals surface area (Å²) in [6.07, 6.45) is 8.03. The lowest BCUT2D eigenvalue weighted by Gasteiger charge is -2.44. The van der Waals surface area contributed by atoms with E-state index >= 15 is 0 Å². The van der Waals surface area contributed by atoms with Crippen LogP contribution in [0, 0.1) is 17.8 Å². The van der Waals surface area contributed by atoms with E-state index in [9.17, 15) is 0 Å². The summed E-state index contributed by atoms with van der Waals surface area (Å²) >= 11 is 0. The molecule has 1 aliphatic carbocycles. The Bertz CT molecular complexity index is 254. The fourth-order valence-corrected chi connectivity index (χ4v) is 3.60. The molecule has 2 atom stereocenters. The van der Waals surface area contributed by atoms with E-state index in [1.807, 2.05) is 0 Å². The maximum atomic E-state index is 6.01. The molecule has 2 rings (SSSR count). The van der Waals surface area contributed by atoms with Gasteiger partial charge < -0.3 is 9.47 Å². The molecule has 0 bridgehead atoms. The van der Waals surface area contributed by atoms with E-state index in [2.05, 4.69) is 26.5 Å². The van der Waals surface area contributed by atoms with E-state index in [-0.39, 0.29) is 5.79 Å². The molecule has 0 aromatic rings. The maximum absolute atomic E-state index is 6.01. The second-order valence-corrected chi connectivity index (χ2v) is 5.79. The highest BCUT2D eigenvalue weighted by Crippen LogP contribution is 2.46.